The van der Waals surface area contributed by atoms with Crippen LogP contribution in [0, 0.1) is 0 Å². The fraction of sp³-hybridized carbons (Fsp3) is 0.269. The lowest BCUT2D eigenvalue weighted by atomic mass is 10.1. The largest absolute Gasteiger partial charge is 0.495 e. The number of nitrogens with zero attached hydrogens (tertiary/aromatic N) is 2. The Morgan fingerprint density at radius 1 is 0.882 bits per heavy atom. The summed E-state index contributed by atoms with van der Waals surface area (Å²) < 4.78 is 33.2. The lowest BCUT2D eigenvalue weighted by Crippen LogP contribution is -2.48. The maximum Gasteiger partial charge on any atom is 0.243 e. The lowest BCUT2D eigenvalue weighted by molar-refractivity contribution is -0.116. The van der Waals surface area contributed by atoms with Crippen LogP contribution in [0.4, 0.5) is 11.4 Å². The minimum atomic E-state index is -3.61. The van der Waals surface area contributed by atoms with Crippen LogP contribution in [0.2, 0.25) is 0 Å². The summed E-state index contributed by atoms with van der Waals surface area (Å²) in [6.07, 6.45) is 1.01. The Hall–Kier alpha value is -3.36. The average Bonchev–Trinajstić information content (AvgIpc) is 2.88. The zero-order valence-electron chi connectivity index (χ0n) is 19.2. The second-order valence-corrected chi connectivity index (χ2v) is 10.1. The number of rotatable bonds is 8. The predicted molar refractivity (Wildman–Crippen MR) is 134 cm³/mol. The van der Waals surface area contributed by atoms with Gasteiger partial charge in [0, 0.05) is 38.3 Å². The molecule has 34 heavy (non-hydrogen) atoms. The number of methoxy groups -OCH3 is 1. The molecule has 1 aliphatic rings. The van der Waals surface area contributed by atoms with Crippen molar-refractivity contribution < 1.29 is 17.9 Å². The first-order chi connectivity index (χ1) is 16.5. The summed E-state index contributed by atoms with van der Waals surface area (Å²) in [5.41, 5.74) is 2.65. The van der Waals surface area contributed by atoms with Gasteiger partial charge in [-0.1, -0.05) is 42.5 Å². The van der Waals surface area contributed by atoms with Gasteiger partial charge in [-0.3, -0.25) is 4.79 Å². The Bertz CT molecular complexity index is 1210. The molecule has 0 spiro atoms. The molecule has 3 aromatic carbocycles. The molecule has 1 saturated heterocycles. The van der Waals surface area contributed by atoms with Crippen molar-refractivity contribution in [2.75, 3.05) is 43.5 Å². The first kappa shape index (κ1) is 23.8. The highest BCUT2D eigenvalue weighted by Gasteiger charge is 2.29. The van der Waals surface area contributed by atoms with Gasteiger partial charge in [-0.25, -0.2) is 8.42 Å². The number of hydrogen-bond acceptors (Lipinski definition) is 5. The molecule has 0 bridgehead atoms. The molecule has 4 rings (SSSR count). The van der Waals surface area contributed by atoms with Gasteiger partial charge in [0.25, 0.3) is 0 Å². The number of amides is 1. The summed E-state index contributed by atoms with van der Waals surface area (Å²) in [6.45, 7) is 1.93. The first-order valence-corrected chi connectivity index (χ1v) is 12.7. The maximum atomic E-state index is 13.1. The summed E-state index contributed by atoms with van der Waals surface area (Å²) in [4.78, 5) is 14.6. The van der Waals surface area contributed by atoms with Gasteiger partial charge in [-0.05, 0) is 48.4 Å². The molecule has 0 saturated carbocycles. The van der Waals surface area contributed by atoms with E-state index in [-0.39, 0.29) is 10.8 Å². The predicted octanol–water partition coefficient (Wildman–Crippen LogP) is 3.78. The average molecular weight is 480 g/mol. The minimum absolute atomic E-state index is 0.105. The number of piperazine rings is 1. The quantitative estimate of drug-likeness (QED) is 0.532. The number of ether oxygens (including phenoxy) is 1. The van der Waals surface area contributed by atoms with Gasteiger partial charge in [0.1, 0.15) is 5.75 Å². The van der Waals surface area contributed by atoms with Crippen molar-refractivity contribution in [2.24, 2.45) is 0 Å². The summed E-state index contributed by atoms with van der Waals surface area (Å²) in [6, 6.07) is 23.9. The van der Waals surface area contributed by atoms with E-state index in [1.807, 2.05) is 54.6 Å². The second-order valence-electron chi connectivity index (χ2n) is 8.12. The Morgan fingerprint density at radius 3 is 2.21 bits per heavy atom. The SMILES string of the molecule is COc1ccccc1N1CCN(S(=O)(=O)c2ccc(NC(=O)CCc3ccccc3)cc2)CC1. The molecule has 1 fully saturated rings. The minimum Gasteiger partial charge on any atom is -0.495 e. The van der Waals surface area contributed by atoms with Gasteiger partial charge in [0.15, 0.2) is 0 Å². The number of carbonyl (C=O) groups is 1. The van der Waals surface area contributed by atoms with Crippen LogP contribution < -0.4 is 15.0 Å². The fourth-order valence-electron chi connectivity index (χ4n) is 4.05. The number of benzene rings is 3. The van der Waals surface area contributed by atoms with Crippen molar-refractivity contribution in [2.45, 2.75) is 17.7 Å². The van der Waals surface area contributed by atoms with Crippen LogP contribution in [0.3, 0.4) is 0 Å². The van der Waals surface area contributed by atoms with Crippen molar-refractivity contribution in [1.29, 1.82) is 0 Å². The Morgan fingerprint density at radius 2 is 1.53 bits per heavy atom. The molecule has 178 valence electrons. The molecule has 7 nitrogen and oxygen atoms in total. The highest BCUT2D eigenvalue weighted by molar-refractivity contribution is 7.89. The van der Waals surface area contributed by atoms with E-state index >= 15 is 0 Å². The number of nitrogens with one attached hydrogen (secondary N) is 1. The molecule has 1 aliphatic heterocycles. The lowest BCUT2D eigenvalue weighted by Gasteiger charge is -2.35. The summed E-state index contributed by atoms with van der Waals surface area (Å²) >= 11 is 0. The van der Waals surface area contributed by atoms with E-state index in [4.69, 9.17) is 4.74 Å². The first-order valence-electron chi connectivity index (χ1n) is 11.3. The number of sulfonamides is 1. The van der Waals surface area contributed by atoms with E-state index < -0.39 is 10.0 Å². The standard InChI is InChI=1S/C26H29N3O4S/c1-33-25-10-6-5-9-24(25)28-17-19-29(20-18-28)34(31,32)23-14-12-22(13-15-23)27-26(30)16-11-21-7-3-2-4-8-21/h2-10,12-15H,11,16-20H2,1H3,(H,27,30). The molecule has 0 atom stereocenters. The molecule has 1 heterocycles. The van der Waals surface area contributed by atoms with Gasteiger partial charge in [-0.15, -0.1) is 0 Å². The smallest absolute Gasteiger partial charge is 0.243 e. The molecule has 1 N–H and O–H groups in total. The monoisotopic (exact) mass is 479 g/mol. The third kappa shape index (κ3) is 5.58. The van der Waals surface area contributed by atoms with Gasteiger partial charge >= 0.3 is 0 Å². The van der Waals surface area contributed by atoms with Gasteiger partial charge < -0.3 is 15.0 Å². The van der Waals surface area contributed by atoms with E-state index in [0.29, 0.717) is 44.7 Å². The van der Waals surface area contributed by atoms with Crippen molar-refractivity contribution in [1.82, 2.24) is 4.31 Å². The molecule has 0 radical (unpaired) electrons. The topological polar surface area (TPSA) is 79.0 Å². The highest BCUT2D eigenvalue weighted by Crippen LogP contribution is 2.29. The number of anilines is 2. The molecule has 8 heteroatoms. The molecular formula is C26H29N3O4S. The third-order valence-electron chi connectivity index (χ3n) is 5.92. The highest BCUT2D eigenvalue weighted by atomic mass is 32.2. The molecule has 1 amide bonds. The van der Waals surface area contributed by atoms with Crippen molar-refractivity contribution >= 4 is 27.3 Å². The van der Waals surface area contributed by atoms with E-state index in [9.17, 15) is 13.2 Å². The zero-order valence-corrected chi connectivity index (χ0v) is 20.0. The van der Waals surface area contributed by atoms with E-state index in [1.54, 1.807) is 31.4 Å². The number of aryl methyl sites for hydroxylation is 1. The molecule has 0 aliphatic carbocycles. The second kappa shape index (κ2) is 10.7. The van der Waals surface area contributed by atoms with Crippen LogP contribution in [0.1, 0.15) is 12.0 Å². The Labute approximate surface area is 201 Å². The Kier molecular flexibility index (Phi) is 7.49. The van der Waals surface area contributed by atoms with E-state index in [1.165, 1.54) is 4.31 Å². The van der Waals surface area contributed by atoms with Crippen LogP contribution >= 0.6 is 0 Å². The van der Waals surface area contributed by atoms with Gasteiger partial charge in [-0.2, -0.15) is 4.31 Å². The van der Waals surface area contributed by atoms with E-state index in [0.717, 1.165) is 17.0 Å². The third-order valence-corrected chi connectivity index (χ3v) is 7.84. The molecule has 0 unspecified atom stereocenters. The molecule has 0 aromatic heterocycles. The maximum absolute atomic E-state index is 13.1. The number of hydrogen-bond donors (Lipinski definition) is 1. The van der Waals surface area contributed by atoms with Crippen LogP contribution in [-0.4, -0.2) is 51.9 Å². The van der Waals surface area contributed by atoms with Crippen molar-refractivity contribution in [3.05, 3.63) is 84.4 Å². The fourth-order valence-corrected chi connectivity index (χ4v) is 5.47. The number of para-hydroxylation sites is 2. The zero-order chi connectivity index (χ0) is 24.0. The van der Waals surface area contributed by atoms with Crippen LogP contribution in [0.5, 0.6) is 5.75 Å². The van der Waals surface area contributed by atoms with Crippen LogP contribution in [0.25, 0.3) is 0 Å². The molecular weight excluding hydrogens is 450 g/mol. The Balaban J connectivity index is 1.33. The van der Waals surface area contributed by atoms with Crippen molar-refractivity contribution in [3.8, 4) is 5.75 Å². The normalized spacial score (nSPS) is 14.6. The summed E-state index contributed by atoms with van der Waals surface area (Å²) in [5, 5.41) is 2.84. The van der Waals surface area contributed by atoms with Crippen molar-refractivity contribution in [3.63, 3.8) is 0 Å². The number of carbonyl (C=O) groups excluding carboxylic acids is 1. The summed E-state index contributed by atoms with van der Waals surface area (Å²) in [7, 11) is -1.98. The van der Waals surface area contributed by atoms with E-state index in [2.05, 4.69) is 10.2 Å². The van der Waals surface area contributed by atoms with Gasteiger partial charge in [0.05, 0.1) is 17.7 Å². The van der Waals surface area contributed by atoms with Crippen LogP contribution in [-0.2, 0) is 21.2 Å². The van der Waals surface area contributed by atoms with Crippen LogP contribution in [0.15, 0.2) is 83.8 Å². The summed E-state index contributed by atoms with van der Waals surface area (Å²) in [5.74, 6) is 0.673. The molecule has 3 aromatic rings. The van der Waals surface area contributed by atoms with Gasteiger partial charge in [0.2, 0.25) is 15.9 Å².